The first-order valence-corrected chi connectivity index (χ1v) is 12.3. The van der Waals surface area contributed by atoms with Crippen LogP contribution in [0.25, 0.3) is 0 Å². The van der Waals surface area contributed by atoms with Gasteiger partial charge in [-0.1, -0.05) is 27.7 Å². The summed E-state index contributed by atoms with van der Waals surface area (Å²) in [5.74, 6) is 3.04. The van der Waals surface area contributed by atoms with Gasteiger partial charge in [-0.2, -0.15) is 0 Å². The smallest absolute Gasteiger partial charge is 0.256 e. The number of anilines is 1. The summed E-state index contributed by atoms with van der Waals surface area (Å²) in [5.41, 5.74) is 0.120. The molecule has 1 aliphatic carbocycles. The maximum Gasteiger partial charge on any atom is 0.256 e. The fraction of sp³-hybridized carbons (Fsp3) is 0.731. The van der Waals surface area contributed by atoms with E-state index in [1.165, 1.54) is 19.5 Å². The molecule has 1 saturated heterocycles. The van der Waals surface area contributed by atoms with Gasteiger partial charge in [0.25, 0.3) is 5.91 Å². The van der Waals surface area contributed by atoms with Crippen LogP contribution < -0.4 is 10.1 Å². The number of ether oxygens (including phenoxy) is 2. The van der Waals surface area contributed by atoms with Crippen LogP contribution in [0, 0.1) is 17.8 Å². The molecule has 0 unspecified atom stereocenters. The summed E-state index contributed by atoms with van der Waals surface area (Å²) in [6.07, 6.45) is 5.93. The Morgan fingerprint density at radius 1 is 1.03 bits per heavy atom. The minimum absolute atomic E-state index is 0.00476. The standard InChI is InChI=1S/C26H42N2O3/c1-5-15-31-26(12-10-20(2)11-13-26)25(29)27-23-6-8-24(9-7-23)30-16-14-28-18-21(3)17-22(4)19-28/h6-9,20-22H,5,10-19H2,1-4H3,(H,27,29)/t20?,21-,22+,26?. The molecule has 1 amide bonds. The quantitative estimate of drug-likeness (QED) is 0.573. The third-order valence-corrected chi connectivity index (χ3v) is 6.81. The van der Waals surface area contributed by atoms with Gasteiger partial charge in [-0.25, -0.2) is 0 Å². The van der Waals surface area contributed by atoms with Crippen molar-refractivity contribution in [2.45, 2.75) is 71.8 Å². The summed E-state index contributed by atoms with van der Waals surface area (Å²) >= 11 is 0. The van der Waals surface area contributed by atoms with Gasteiger partial charge in [0.1, 0.15) is 18.0 Å². The van der Waals surface area contributed by atoms with E-state index < -0.39 is 5.60 Å². The fourth-order valence-electron chi connectivity index (χ4n) is 5.11. The van der Waals surface area contributed by atoms with Crippen molar-refractivity contribution in [3.8, 4) is 5.75 Å². The summed E-state index contributed by atoms with van der Waals surface area (Å²) in [4.78, 5) is 15.6. The van der Waals surface area contributed by atoms with Crippen molar-refractivity contribution in [3.05, 3.63) is 24.3 Å². The molecular formula is C26H42N2O3. The topological polar surface area (TPSA) is 50.8 Å². The lowest BCUT2D eigenvalue weighted by molar-refractivity contribution is -0.147. The first-order valence-electron chi connectivity index (χ1n) is 12.3. The van der Waals surface area contributed by atoms with E-state index in [0.717, 1.165) is 61.9 Å². The molecule has 0 bridgehead atoms. The highest BCUT2D eigenvalue weighted by molar-refractivity contribution is 5.97. The lowest BCUT2D eigenvalue weighted by Crippen LogP contribution is -2.48. The van der Waals surface area contributed by atoms with Crippen LogP contribution in [0.1, 0.15) is 66.2 Å². The predicted octanol–water partition coefficient (Wildman–Crippen LogP) is 5.36. The maximum absolute atomic E-state index is 13.1. The summed E-state index contributed by atoms with van der Waals surface area (Å²) in [6.45, 7) is 13.6. The second kappa shape index (κ2) is 11.3. The summed E-state index contributed by atoms with van der Waals surface area (Å²) in [5, 5.41) is 3.09. The average Bonchev–Trinajstić information content (AvgIpc) is 2.74. The molecule has 1 saturated carbocycles. The van der Waals surface area contributed by atoms with Gasteiger partial charge in [-0.15, -0.1) is 0 Å². The SMILES string of the molecule is CCCOC1(C(=O)Nc2ccc(OCCN3C[C@H](C)C[C@H](C)C3)cc2)CCC(C)CC1. The molecule has 1 aliphatic heterocycles. The van der Waals surface area contributed by atoms with Gasteiger partial charge in [-0.3, -0.25) is 9.69 Å². The first kappa shape index (κ1) is 24.1. The van der Waals surface area contributed by atoms with Gasteiger partial charge < -0.3 is 14.8 Å². The van der Waals surface area contributed by atoms with E-state index >= 15 is 0 Å². The monoisotopic (exact) mass is 430 g/mol. The molecule has 31 heavy (non-hydrogen) atoms. The molecule has 174 valence electrons. The van der Waals surface area contributed by atoms with Crippen molar-refractivity contribution >= 4 is 11.6 Å². The van der Waals surface area contributed by atoms with Crippen LogP contribution in [-0.2, 0) is 9.53 Å². The van der Waals surface area contributed by atoms with Gasteiger partial charge in [-0.05, 0) is 80.5 Å². The van der Waals surface area contributed by atoms with Crippen molar-refractivity contribution in [1.29, 1.82) is 0 Å². The number of likely N-dealkylation sites (tertiary alicyclic amines) is 1. The molecule has 2 aliphatic rings. The summed E-state index contributed by atoms with van der Waals surface area (Å²) in [7, 11) is 0. The largest absolute Gasteiger partial charge is 0.492 e. The summed E-state index contributed by atoms with van der Waals surface area (Å²) in [6, 6.07) is 7.74. The number of piperidine rings is 1. The number of carbonyl (C=O) groups is 1. The zero-order valence-electron chi connectivity index (χ0n) is 20.0. The highest BCUT2D eigenvalue weighted by Gasteiger charge is 2.42. The molecule has 3 rings (SSSR count). The van der Waals surface area contributed by atoms with E-state index in [1.807, 2.05) is 24.3 Å². The van der Waals surface area contributed by atoms with Crippen LogP contribution in [-0.4, -0.2) is 49.3 Å². The van der Waals surface area contributed by atoms with E-state index in [4.69, 9.17) is 9.47 Å². The Balaban J connectivity index is 1.49. The average molecular weight is 431 g/mol. The highest BCUT2D eigenvalue weighted by atomic mass is 16.5. The van der Waals surface area contributed by atoms with Gasteiger partial charge in [0.05, 0.1) is 0 Å². The molecular weight excluding hydrogens is 388 g/mol. The number of benzene rings is 1. The highest BCUT2D eigenvalue weighted by Crippen LogP contribution is 2.36. The van der Waals surface area contributed by atoms with Gasteiger partial charge in [0, 0.05) is 31.9 Å². The van der Waals surface area contributed by atoms with Crippen LogP contribution in [0.2, 0.25) is 0 Å². The van der Waals surface area contributed by atoms with Crippen LogP contribution in [0.4, 0.5) is 5.69 Å². The van der Waals surface area contributed by atoms with Gasteiger partial charge >= 0.3 is 0 Å². The zero-order valence-corrected chi connectivity index (χ0v) is 20.0. The van der Waals surface area contributed by atoms with Crippen LogP contribution in [0.3, 0.4) is 0 Å². The number of amides is 1. The number of rotatable bonds is 9. The lowest BCUT2D eigenvalue weighted by atomic mass is 9.78. The van der Waals surface area contributed by atoms with Gasteiger partial charge in [0.15, 0.2) is 0 Å². The molecule has 1 aromatic carbocycles. The minimum atomic E-state index is -0.680. The first-order chi connectivity index (χ1) is 14.9. The number of nitrogens with one attached hydrogen (secondary N) is 1. The number of carbonyl (C=O) groups excluding carboxylic acids is 1. The van der Waals surface area contributed by atoms with E-state index in [2.05, 4.69) is 37.9 Å². The predicted molar refractivity (Wildman–Crippen MR) is 127 cm³/mol. The maximum atomic E-state index is 13.1. The molecule has 2 atom stereocenters. The van der Waals surface area contributed by atoms with Crippen molar-refractivity contribution < 1.29 is 14.3 Å². The second-order valence-electron chi connectivity index (χ2n) is 10.1. The second-order valence-corrected chi connectivity index (χ2v) is 10.1. The minimum Gasteiger partial charge on any atom is -0.492 e. The molecule has 1 aromatic rings. The molecule has 0 radical (unpaired) electrons. The molecule has 0 spiro atoms. The van der Waals surface area contributed by atoms with Crippen LogP contribution in [0.5, 0.6) is 5.75 Å². The molecule has 1 N–H and O–H groups in total. The Bertz CT molecular complexity index is 667. The number of nitrogens with zero attached hydrogens (tertiary/aromatic N) is 1. The van der Waals surface area contributed by atoms with Crippen molar-refractivity contribution in [3.63, 3.8) is 0 Å². The Kier molecular flexibility index (Phi) is 8.79. The molecule has 5 nitrogen and oxygen atoms in total. The summed E-state index contributed by atoms with van der Waals surface area (Å²) < 4.78 is 12.1. The Morgan fingerprint density at radius 2 is 1.68 bits per heavy atom. The fourth-order valence-corrected chi connectivity index (χ4v) is 5.11. The third kappa shape index (κ3) is 6.95. The molecule has 0 aromatic heterocycles. The van der Waals surface area contributed by atoms with E-state index in [1.54, 1.807) is 0 Å². The number of hydrogen-bond acceptors (Lipinski definition) is 4. The third-order valence-electron chi connectivity index (χ3n) is 6.81. The Hall–Kier alpha value is -1.59. The molecule has 5 heteroatoms. The zero-order chi connectivity index (χ0) is 22.3. The Morgan fingerprint density at radius 3 is 2.29 bits per heavy atom. The van der Waals surface area contributed by atoms with Gasteiger partial charge in [0.2, 0.25) is 0 Å². The normalized spacial score (nSPS) is 29.5. The Labute approximate surface area is 188 Å². The van der Waals surface area contributed by atoms with E-state index in [9.17, 15) is 4.79 Å². The molecule has 1 heterocycles. The van der Waals surface area contributed by atoms with Crippen LogP contribution >= 0.6 is 0 Å². The van der Waals surface area contributed by atoms with E-state index in [0.29, 0.717) is 19.1 Å². The number of hydrogen-bond donors (Lipinski definition) is 1. The lowest BCUT2D eigenvalue weighted by Gasteiger charge is -2.38. The van der Waals surface area contributed by atoms with E-state index in [-0.39, 0.29) is 5.91 Å². The van der Waals surface area contributed by atoms with Crippen molar-refractivity contribution in [1.82, 2.24) is 4.90 Å². The van der Waals surface area contributed by atoms with Crippen LogP contribution in [0.15, 0.2) is 24.3 Å². The van der Waals surface area contributed by atoms with Crippen molar-refractivity contribution in [2.24, 2.45) is 17.8 Å². The molecule has 2 fully saturated rings. The van der Waals surface area contributed by atoms with Crippen molar-refractivity contribution in [2.75, 3.05) is 38.2 Å².